The highest BCUT2D eigenvalue weighted by atomic mass is 15.5. The van der Waals surface area contributed by atoms with Crippen LogP contribution >= 0.6 is 0 Å². The van der Waals surface area contributed by atoms with Crippen molar-refractivity contribution in [1.82, 2.24) is 20.0 Å². The first kappa shape index (κ1) is 6.23. The lowest BCUT2D eigenvalue weighted by Gasteiger charge is -1.94. The Kier molecular flexibility index (Phi) is 1.29. The molecule has 0 unspecified atom stereocenters. The number of hydrogen-bond acceptors (Lipinski definition) is 4. The molecule has 0 aliphatic carbocycles. The Morgan fingerprint density at radius 3 is 3.27 bits per heavy atom. The summed E-state index contributed by atoms with van der Waals surface area (Å²) in [7, 11) is 0. The Labute approximate surface area is 62.8 Å². The molecule has 2 rings (SSSR count). The van der Waals surface area contributed by atoms with Crippen LogP contribution in [0.15, 0.2) is 18.3 Å². The van der Waals surface area contributed by atoms with E-state index in [1.54, 1.807) is 10.7 Å². The molecule has 0 saturated heterocycles. The highest BCUT2D eigenvalue weighted by Crippen LogP contribution is 2.03. The summed E-state index contributed by atoms with van der Waals surface area (Å²) < 4.78 is 1.60. The van der Waals surface area contributed by atoms with Gasteiger partial charge in [0.1, 0.15) is 0 Å². The van der Waals surface area contributed by atoms with Crippen LogP contribution in [-0.4, -0.2) is 20.0 Å². The third-order valence-electron chi connectivity index (χ3n) is 1.52. The molecule has 0 amide bonds. The predicted molar refractivity (Wildman–Crippen MR) is 38.7 cm³/mol. The van der Waals surface area contributed by atoms with Crippen LogP contribution in [0.2, 0.25) is 0 Å². The first-order valence-corrected chi connectivity index (χ1v) is 3.27. The van der Waals surface area contributed by atoms with Crippen LogP contribution in [0, 0.1) is 0 Å². The molecule has 2 N–H and O–H groups in total. The van der Waals surface area contributed by atoms with E-state index in [0.717, 1.165) is 11.2 Å². The first-order chi connectivity index (χ1) is 5.42. The number of nitrogens with two attached hydrogens (primary N) is 1. The van der Waals surface area contributed by atoms with Gasteiger partial charge in [0.2, 0.25) is 0 Å². The second kappa shape index (κ2) is 2.28. The van der Waals surface area contributed by atoms with Gasteiger partial charge in [-0.1, -0.05) is 6.07 Å². The smallest absolute Gasteiger partial charge is 0.183 e. The minimum Gasteiger partial charge on any atom is -0.326 e. The summed E-state index contributed by atoms with van der Waals surface area (Å²) in [6, 6.07) is 3.78. The second-order valence-electron chi connectivity index (χ2n) is 2.18. The lowest BCUT2D eigenvalue weighted by Crippen LogP contribution is -1.99. The number of hydrogen-bond donors (Lipinski definition) is 1. The number of pyridine rings is 1. The van der Waals surface area contributed by atoms with Crippen LogP contribution in [-0.2, 0) is 6.54 Å². The van der Waals surface area contributed by atoms with Crippen molar-refractivity contribution in [3.63, 3.8) is 0 Å². The van der Waals surface area contributed by atoms with Crippen molar-refractivity contribution in [2.24, 2.45) is 5.73 Å². The van der Waals surface area contributed by atoms with E-state index < -0.39 is 0 Å². The Morgan fingerprint density at radius 2 is 2.45 bits per heavy atom. The maximum atomic E-state index is 5.47. The summed E-state index contributed by atoms with van der Waals surface area (Å²) >= 11 is 0. The molecule has 56 valence electrons. The number of rotatable bonds is 1. The monoisotopic (exact) mass is 149 g/mol. The molecule has 5 nitrogen and oxygen atoms in total. The fraction of sp³-hybridized carbons (Fsp3) is 0.167. The topological polar surface area (TPSA) is 69.1 Å². The number of tetrazole rings is 1. The summed E-state index contributed by atoms with van der Waals surface area (Å²) in [6.07, 6.45) is 1.79. The maximum Gasteiger partial charge on any atom is 0.183 e. The Morgan fingerprint density at radius 1 is 1.55 bits per heavy atom. The molecular formula is C6H7N5. The number of fused-ring (bicyclic) bond motifs is 1. The summed E-state index contributed by atoms with van der Waals surface area (Å²) in [5.41, 5.74) is 7.15. The van der Waals surface area contributed by atoms with E-state index in [1.165, 1.54) is 0 Å². The van der Waals surface area contributed by atoms with Crippen molar-refractivity contribution in [3.05, 3.63) is 23.9 Å². The van der Waals surface area contributed by atoms with Crippen LogP contribution in [0.4, 0.5) is 0 Å². The van der Waals surface area contributed by atoms with Gasteiger partial charge in [-0.05, 0) is 16.5 Å². The van der Waals surface area contributed by atoms with Crippen LogP contribution in [0.25, 0.3) is 5.65 Å². The van der Waals surface area contributed by atoms with Gasteiger partial charge in [0.25, 0.3) is 0 Å². The Balaban J connectivity index is 2.79. The quantitative estimate of drug-likeness (QED) is 0.598. The first-order valence-electron chi connectivity index (χ1n) is 3.27. The zero-order valence-corrected chi connectivity index (χ0v) is 5.81. The molecule has 2 aromatic heterocycles. The van der Waals surface area contributed by atoms with Crippen molar-refractivity contribution < 1.29 is 0 Å². The van der Waals surface area contributed by atoms with Gasteiger partial charge in [0.05, 0.1) is 0 Å². The standard InChI is InChI=1S/C6H7N5/c7-4-5-2-1-3-11-6(5)8-9-10-11/h1-3H,4,7H2. The molecule has 0 fully saturated rings. The molecule has 0 saturated carbocycles. The van der Waals surface area contributed by atoms with E-state index in [2.05, 4.69) is 15.5 Å². The second-order valence-corrected chi connectivity index (χ2v) is 2.18. The lowest BCUT2D eigenvalue weighted by atomic mass is 10.3. The van der Waals surface area contributed by atoms with Crippen molar-refractivity contribution in [1.29, 1.82) is 0 Å². The zero-order chi connectivity index (χ0) is 7.68. The Hall–Kier alpha value is -1.49. The normalized spacial score (nSPS) is 10.6. The van der Waals surface area contributed by atoms with Crippen molar-refractivity contribution in [3.8, 4) is 0 Å². The van der Waals surface area contributed by atoms with Gasteiger partial charge in [-0.2, -0.15) is 0 Å². The maximum absolute atomic E-state index is 5.47. The molecule has 0 aliphatic rings. The molecule has 0 aromatic carbocycles. The third-order valence-corrected chi connectivity index (χ3v) is 1.52. The van der Waals surface area contributed by atoms with Gasteiger partial charge in [-0.15, -0.1) is 5.10 Å². The van der Waals surface area contributed by atoms with Crippen LogP contribution in [0.3, 0.4) is 0 Å². The minimum atomic E-state index is 0.463. The Bertz CT molecular complexity index is 366. The molecular weight excluding hydrogens is 142 g/mol. The van der Waals surface area contributed by atoms with E-state index in [0.29, 0.717) is 6.54 Å². The van der Waals surface area contributed by atoms with Gasteiger partial charge in [0, 0.05) is 18.3 Å². The number of aromatic nitrogens is 4. The minimum absolute atomic E-state index is 0.463. The third kappa shape index (κ3) is 0.857. The van der Waals surface area contributed by atoms with Gasteiger partial charge >= 0.3 is 0 Å². The van der Waals surface area contributed by atoms with E-state index >= 15 is 0 Å². The van der Waals surface area contributed by atoms with Gasteiger partial charge in [-0.3, -0.25) is 0 Å². The largest absolute Gasteiger partial charge is 0.326 e. The molecule has 0 bridgehead atoms. The summed E-state index contributed by atoms with van der Waals surface area (Å²) in [5.74, 6) is 0. The SMILES string of the molecule is NCc1cccn2nnnc12. The lowest BCUT2D eigenvalue weighted by molar-refractivity contribution is 0.822. The zero-order valence-electron chi connectivity index (χ0n) is 5.81. The molecule has 2 aromatic rings. The summed E-state index contributed by atoms with van der Waals surface area (Å²) in [5, 5.41) is 11.1. The van der Waals surface area contributed by atoms with E-state index in [-0.39, 0.29) is 0 Å². The van der Waals surface area contributed by atoms with Crippen molar-refractivity contribution in [2.45, 2.75) is 6.54 Å². The van der Waals surface area contributed by atoms with E-state index in [1.807, 2.05) is 12.1 Å². The highest BCUT2D eigenvalue weighted by Gasteiger charge is 2.00. The van der Waals surface area contributed by atoms with Gasteiger partial charge in [-0.25, -0.2) is 4.52 Å². The number of nitrogens with zero attached hydrogens (tertiary/aromatic N) is 4. The average Bonchev–Trinajstić information content (AvgIpc) is 2.50. The average molecular weight is 149 g/mol. The summed E-state index contributed by atoms with van der Waals surface area (Å²) in [4.78, 5) is 0. The molecule has 11 heavy (non-hydrogen) atoms. The van der Waals surface area contributed by atoms with Gasteiger partial charge in [0.15, 0.2) is 5.65 Å². The van der Waals surface area contributed by atoms with Crippen LogP contribution in [0.1, 0.15) is 5.56 Å². The fourth-order valence-electron chi connectivity index (χ4n) is 0.980. The highest BCUT2D eigenvalue weighted by molar-refractivity contribution is 5.44. The van der Waals surface area contributed by atoms with Crippen molar-refractivity contribution >= 4 is 5.65 Å². The van der Waals surface area contributed by atoms with E-state index in [4.69, 9.17) is 5.73 Å². The fourth-order valence-corrected chi connectivity index (χ4v) is 0.980. The van der Waals surface area contributed by atoms with E-state index in [9.17, 15) is 0 Å². The molecule has 0 aliphatic heterocycles. The van der Waals surface area contributed by atoms with Crippen LogP contribution in [0.5, 0.6) is 0 Å². The van der Waals surface area contributed by atoms with Crippen molar-refractivity contribution in [2.75, 3.05) is 0 Å². The summed E-state index contributed by atoms with van der Waals surface area (Å²) in [6.45, 7) is 0.463. The molecule has 0 radical (unpaired) electrons. The predicted octanol–water partition coefficient (Wildman–Crippen LogP) is -0.417. The van der Waals surface area contributed by atoms with Gasteiger partial charge < -0.3 is 5.73 Å². The van der Waals surface area contributed by atoms with Crippen LogP contribution < -0.4 is 5.73 Å². The molecule has 5 heteroatoms. The molecule has 0 atom stereocenters. The molecule has 2 heterocycles. The molecule has 0 spiro atoms.